The number of hydrogen-bond acceptors (Lipinski definition) is 3. The van der Waals surface area contributed by atoms with Crippen LogP contribution in [0.15, 0.2) is 0 Å². The van der Waals surface area contributed by atoms with Crippen molar-refractivity contribution in [2.75, 3.05) is 6.54 Å². The van der Waals surface area contributed by atoms with Gasteiger partial charge < -0.3 is 5.11 Å². The summed E-state index contributed by atoms with van der Waals surface area (Å²) in [7, 11) is -4.36. The number of aliphatic carboxylic acids is 1. The summed E-state index contributed by atoms with van der Waals surface area (Å²) in [6.45, 7) is -0.189. The van der Waals surface area contributed by atoms with E-state index in [-0.39, 0.29) is 6.42 Å². The molecule has 0 aromatic heterocycles. The molecule has 0 aliphatic heterocycles. The van der Waals surface area contributed by atoms with Gasteiger partial charge in [-0.05, 0) is 6.42 Å². The van der Waals surface area contributed by atoms with Gasteiger partial charge in [-0.2, -0.15) is 31.0 Å². The number of hydrogen-bond donors (Lipinski definition) is 3. The fraction of sp³-hybridized carbons (Fsp3) is 0.857. The number of carboxylic acid groups (broad SMARTS) is 1. The fourth-order valence-corrected chi connectivity index (χ4v) is 2.04. The lowest BCUT2D eigenvalue weighted by molar-refractivity contribution is -0.137. The van der Waals surface area contributed by atoms with Crippen LogP contribution in [0.4, 0.5) is 13.2 Å². The summed E-state index contributed by atoms with van der Waals surface area (Å²) in [4.78, 5) is 10.3. The topological polar surface area (TPSA) is 95.5 Å². The van der Waals surface area contributed by atoms with Gasteiger partial charge in [0.15, 0.2) is 0 Å². The van der Waals surface area contributed by atoms with Gasteiger partial charge in [0.2, 0.25) is 0 Å². The summed E-state index contributed by atoms with van der Waals surface area (Å²) in [6.07, 6.45) is -5.01. The van der Waals surface area contributed by atoms with Crippen LogP contribution in [-0.2, 0) is 15.0 Å². The standard InChI is InChI=1S/C7H13F3N2O4S/c1-2-5(3-6(13)14)12-17(15,16)11-4-7(8,9)10/h5,11-12H,2-4H2,1H3,(H,13,14). The third kappa shape index (κ3) is 8.89. The van der Waals surface area contributed by atoms with Crippen LogP contribution in [0.2, 0.25) is 0 Å². The Morgan fingerprint density at radius 1 is 1.41 bits per heavy atom. The third-order valence-corrected chi connectivity index (χ3v) is 2.87. The van der Waals surface area contributed by atoms with Crippen molar-refractivity contribution < 1.29 is 31.5 Å². The zero-order valence-corrected chi connectivity index (χ0v) is 9.73. The number of halogens is 3. The van der Waals surface area contributed by atoms with E-state index >= 15 is 0 Å². The van der Waals surface area contributed by atoms with E-state index in [1.165, 1.54) is 11.6 Å². The van der Waals surface area contributed by atoms with Crippen molar-refractivity contribution in [3.63, 3.8) is 0 Å². The van der Waals surface area contributed by atoms with E-state index in [1.807, 2.05) is 4.72 Å². The van der Waals surface area contributed by atoms with E-state index in [1.54, 1.807) is 0 Å². The molecule has 0 saturated carbocycles. The maximum absolute atomic E-state index is 11.8. The van der Waals surface area contributed by atoms with Gasteiger partial charge in [-0.25, -0.2) is 0 Å². The molecule has 0 fully saturated rings. The van der Waals surface area contributed by atoms with E-state index in [9.17, 15) is 26.4 Å². The highest BCUT2D eigenvalue weighted by molar-refractivity contribution is 7.87. The van der Waals surface area contributed by atoms with Crippen LogP contribution in [0, 0.1) is 0 Å². The molecule has 6 nitrogen and oxygen atoms in total. The van der Waals surface area contributed by atoms with Crippen LogP contribution in [0.3, 0.4) is 0 Å². The zero-order valence-electron chi connectivity index (χ0n) is 8.91. The average Bonchev–Trinajstić information content (AvgIpc) is 2.12. The highest BCUT2D eigenvalue weighted by atomic mass is 32.2. The van der Waals surface area contributed by atoms with Crippen molar-refractivity contribution in [1.82, 2.24) is 9.44 Å². The Morgan fingerprint density at radius 2 is 1.94 bits per heavy atom. The summed E-state index contributed by atoms with van der Waals surface area (Å²) in [5.74, 6) is -1.24. The van der Waals surface area contributed by atoms with Crippen LogP contribution >= 0.6 is 0 Å². The first kappa shape index (κ1) is 16.1. The van der Waals surface area contributed by atoms with Gasteiger partial charge in [0.25, 0.3) is 10.2 Å². The number of alkyl halides is 3. The molecule has 0 spiro atoms. The number of nitrogens with one attached hydrogen (secondary N) is 2. The molecule has 17 heavy (non-hydrogen) atoms. The molecule has 102 valence electrons. The van der Waals surface area contributed by atoms with Gasteiger partial charge in [-0.1, -0.05) is 6.92 Å². The summed E-state index contributed by atoms with van der Waals surface area (Å²) < 4.78 is 60.6. The van der Waals surface area contributed by atoms with Crippen molar-refractivity contribution in [2.24, 2.45) is 0 Å². The monoisotopic (exact) mass is 278 g/mol. The Morgan fingerprint density at radius 3 is 2.29 bits per heavy atom. The van der Waals surface area contributed by atoms with Gasteiger partial charge in [-0.3, -0.25) is 4.79 Å². The Bertz CT molecular complexity index is 355. The SMILES string of the molecule is CCC(CC(=O)O)NS(=O)(=O)NCC(F)(F)F. The molecule has 0 aromatic carbocycles. The lowest BCUT2D eigenvalue weighted by atomic mass is 10.2. The first-order valence-corrected chi connectivity index (χ1v) is 6.09. The van der Waals surface area contributed by atoms with Crippen molar-refractivity contribution in [1.29, 1.82) is 0 Å². The second-order valence-electron chi connectivity index (χ2n) is 3.26. The van der Waals surface area contributed by atoms with Crippen LogP contribution in [0.5, 0.6) is 0 Å². The van der Waals surface area contributed by atoms with Crippen molar-refractivity contribution >= 4 is 16.2 Å². The summed E-state index contributed by atoms with van der Waals surface area (Å²) >= 11 is 0. The quantitative estimate of drug-likeness (QED) is 0.621. The second kappa shape index (κ2) is 6.17. The highest BCUT2D eigenvalue weighted by Crippen LogP contribution is 2.12. The normalized spacial score (nSPS) is 14.6. The highest BCUT2D eigenvalue weighted by Gasteiger charge is 2.30. The van der Waals surface area contributed by atoms with Crippen molar-refractivity contribution in [3.8, 4) is 0 Å². The summed E-state index contributed by atoms with van der Waals surface area (Å²) in [5, 5.41) is 8.44. The average molecular weight is 278 g/mol. The minimum absolute atomic E-state index is 0.152. The van der Waals surface area contributed by atoms with Gasteiger partial charge in [-0.15, -0.1) is 0 Å². The predicted molar refractivity (Wildman–Crippen MR) is 52.4 cm³/mol. The smallest absolute Gasteiger partial charge is 0.402 e. The molecular formula is C7H13F3N2O4S. The Hall–Kier alpha value is -0.870. The Kier molecular flexibility index (Phi) is 5.85. The first-order chi connectivity index (χ1) is 7.56. The van der Waals surface area contributed by atoms with Gasteiger partial charge >= 0.3 is 12.1 Å². The predicted octanol–water partition coefficient (Wildman–Crippen LogP) is 0.226. The minimum atomic E-state index is -4.66. The molecule has 0 saturated heterocycles. The molecular weight excluding hydrogens is 265 g/mol. The van der Waals surface area contributed by atoms with Crippen molar-refractivity contribution in [3.05, 3.63) is 0 Å². The molecule has 1 unspecified atom stereocenters. The number of carboxylic acids is 1. The van der Waals surface area contributed by atoms with Crippen LogP contribution in [-0.4, -0.2) is 38.3 Å². The maximum atomic E-state index is 11.8. The Labute approximate surface area is 96.4 Å². The second-order valence-corrected chi connectivity index (χ2v) is 4.79. The molecule has 0 aliphatic rings. The zero-order chi connectivity index (χ0) is 13.7. The van der Waals surface area contributed by atoms with E-state index in [4.69, 9.17) is 5.11 Å². The van der Waals surface area contributed by atoms with Crippen LogP contribution in [0.25, 0.3) is 0 Å². The van der Waals surface area contributed by atoms with E-state index in [2.05, 4.69) is 0 Å². The van der Waals surface area contributed by atoms with Gasteiger partial charge in [0, 0.05) is 6.04 Å². The molecule has 0 bridgehead atoms. The molecule has 10 heteroatoms. The molecule has 0 radical (unpaired) electrons. The van der Waals surface area contributed by atoms with E-state index < -0.39 is 41.4 Å². The summed E-state index contributed by atoms with van der Waals surface area (Å²) in [6, 6.07) is -0.946. The van der Waals surface area contributed by atoms with E-state index in [0.717, 1.165) is 0 Å². The van der Waals surface area contributed by atoms with Crippen LogP contribution in [0.1, 0.15) is 19.8 Å². The number of rotatable bonds is 7. The summed E-state index contributed by atoms with van der Waals surface area (Å²) in [5.41, 5.74) is 0. The van der Waals surface area contributed by atoms with Gasteiger partial charge in [0.1, 0.15) is 6.54 Å². The molecule has 0 amide bonds. The molecule has 0 aromatic rings. The van der Waals surface area contributed by atoms with Crippen molar-refractivity contribution in [2.45, 2.75) is 32.0 Å². The molecule has 1 atom stereocenters. The lowest BCUT2D eigenvalue weighted by Gasteiger charge is -2.16. The lowest BCUT2D eigenvalue weighted by Crippen LogP contribution is -2.46. The Balaban J connectivity index is 4.37. The van der Waals surface area contributed by atoms with E-state index in [0.29, 0.717) is 0 Å². The number of carbonyl (C=O) groups is 1. The molecule has 3 N–H and O–H groups in total. The first-order valence-electron chi connectivity index (χ1n) is 4.61. The molecule has 0 heterocycles. The minimum Gasteiger partial charge on any atom is -0.481 e. The fourth-order valence-electron chi connectivity index (χ4n) is 0.918. The molecule has 0 rings (SSSR count). The van der Waals surface area contributed by atoms with Gasteiger partial charge in [0.05, 0.1) is 6.42 Å². The third-order valence-electron chi connectivity index (χ3n) is 1.70. The van der Waals surface area contributed by atoms with Crippen LogP contribution < -0.4 is 9.44 Å². The molecule has 0 aliphatic carbocycles. The maximum Gasteiger partial charge on any atom is 0.402 e. The largest absolute Gasteiger partial charge is 0.481 e.